The fraction of sp³-hybridized carbons (Fsp3) is 0.500. The van der Waals surface area contributed by atoms with Gasteiger partial charge < -0.3 is 5.32 Å². The van der Waals surface area contributed by atoms with Crippen molar-refractivity contribution >= 4 is 34.9 Å². The first-order chi connectivity index (χ1) is 7.63. The third kappa shape index (κ3) is 3.06. The van der Waals surface area contributed by atoms with Crippen LogP contribution in [-0.2, 0) is 4.79 Å². The van der Waals surface area contributed by atoms with Gasteiger partial charge in [-0.25, -0.2) is 9.97 Å². The zero-order valence-corrected chi connectivity index (χ0v) is 10.1. The normalized spacial score (nSPS) is 15.6. The van der Waals surface area contributed by atoms with Gasteiger partial charge in [-0.3, -0.25) is 4.79 Å². The van der Waals surface area contributed by atoms with Crippen LogP contribution in [-0.4, -0.2) is 15.9 Å². The van der Waals surface area contributed by atoms with Gasteiger partial charge in [0.05, 0.1) is 0 Å². The summed E-state index contributed by atoms with van der Waals surface area (Å²) in [7, 11) is 0. The van der Waals surface area contributed by atoms with E-state index in [1.165, 1.54) is 12.5 Å². The maximum Gasteiger partial charge on any atom is 0.225 e. The van der Waals surface area contributed by atoms with Crippen LogP contribution in [0.4, 0.5) is 5.82 Å². The second kappa shape index (κ2) is 4.97. The van der Waals surface area contributed by atoms with E-state index >= 15 is 0 Å². The quantitative estimate of drug-likeness (QED) is 0.671. The van der Waals surface area contributed by atoms with E-state index in [4.69, 9.17) is 23.2 Å². The molecule has 1 aliphatic rings. The van der Waals surface area contributed by atoms with Crippen molar-refractivity contribution in [2.75, 3.05) is 5.32 Å². The summed E-state index contributed by atoms with van der Waals surface area (Å²) in [5, 5.41) is 2.92. The average Bonchev–Trinajstić information content (AvgIpc) is 2.09. The molecule has 0 bridgehead atoms. The molecule has 0 radical (unpaired) electrons. The summed E-state index contributed by atoms with van der Waals surface area (Å²) in [5.74, 6) is 0.831. The van der Waals surface area contributed by atoms with Gasteiger partial charge in [-0.15, -0.1) is 0 Å². The maximum atomic E-state index is 11.6. The third-order valence-electron chi connectivity index (χ3n) is 2.63. The molecule has 1 amide bonds. The molecule has 0 spiro atoms. The molecular formula is C10H11Cl2N3O. The van der Waals surface area contributed by atoms with Crippen LogP contribution in [0.5, 0.6) is 0 Å². The standard InChI is InChI=1S/C10H11Cl2N3O/c11-7-5-8(15-10(12)13-7)14-9(16)4-6-2-1-3-6/h5-6H,1-4H2,(H,13,14,15,16). The Morgan fingerprint density at radius 2 is 2.19 bits per heavy atom. The molecule has 1 aromatic heterocycles. The molecule has 16 heavy (non-hydrogen) atoms. The molecule has 0 aliphatic heterocycles. The van der Waals surface area contributed by atoms with Crippen molar-refractivity contribution in [1.29, 1.82) is 0 Å². The summed E-state index contributed by atoms with van der Waals surface area (Å²) in [4.78, 5) is 19.1. The minimum Gasteiger partial charge on any atom is -0.311 e. The molecule has 6 heteroatoms. The summed E-state index contributed by atoms with van der Waals surface area (Å²) < 4.78 is 0. The molecule has 2 rings (SSSR count). The van der Waals surface area contributed by atoms with E-state index in [0.717, 1.165) is 12.8 Å². The van der Waals surface area contributed by atoms with Gasteiger partial charge in [-0.05, 0) is 30.4 Å². The van der Waals surface area contributed by atoms with E-state index in [-0.39, 0.29) is 16.3 Å². The van der Waals surface area contributed by atoms with Crippen molar-refractivity contribution in [2.24, 2.45) is 5.92 Å². The van der Waals surface area contributed by atoms with Crippen molar-refractivity contribution in [3.05, 3.63) is 16.5 Å². The van der Waals surface area contributed by atoms with Crippen LogP contribution < -0.4 is 5.32 Å². The van der Waals surface area contributed by atoms with Gasteiger partial charge in [0.25, 0.3) is 0 Å². The average molecular weight is 260 g/mol. The Balaban J connectivity index is 1.94. The summed E-state index contributed by atoms with van der Waals surface area (Å²) >= 11 is 11.3. The summed E-state index contributed by atoms with van der Waals surface area (Å²) in [6, 6.07) is 1.48. The molecule has 0 saturated heterocycles. The van der Waals surface area contributed by atoms with Crippen LogP contribution >= 0.6 is 23.2 Å². The van der Waals surface area contributed by atoms with Crippen molar-refractivity contribution in [3.63, 3.8) is 0 Å². The fourth-order valence-corrected chi connectivity index (χ4v) is 2.02. The lowest BCUT2D eigenvalue weighted by Gasteiger charge is -2.24. The number of nitrogens with one attached hydrogen (secondary N) is 1. The number of rotatable bonds is 3. The molecule has 1 aliphatic carbocycles. The van der Waals surface area contributed by atoms with Gasteiger partial charge in [0.15, 0.2) is 0 Å². The highest BCUT2D eigenvalue weighted by Gasteiger charge is 2.20. The SMILES string of the molecule is O=C(CC1CCC1)Nc1cc(Cl)nc(Cl)n1. The van der Waals surface area contributed by atoms with E-state index < -0.39 is 0 Å². The number of carbonyl (C=O) groups is 1. The molecule has 0 aromatic carbocycles. The van der Waals surface area contributed by atoms with E-state index in [0.29, 0.717) is 18.2 Å². The zero-order chi connectivity index (χ0) is 11.5. The van der Waals surface area contributed by atoms with Crippen LogP contribution in [0.3, 0.4) is 0 Å². The van der Waals surface area contributed by atoms with Crippen LogP contribution in [0, 0.1) is 5.92 Å². The van der Waals surface area contributed by atoms with Gasteiger partial charge in [0.1, 0.15) is 11.0 Å². The predicted molar refractivity (Wildman–Crippen MR) is 62.6 cm³/mol. The molecule has 1 N–H and O–H groups in total. The Hall–Kier alpha value is -0.870. The summed E-state index contributed by atoms with van der Waals surface area (Å²) in [6.07, 6.45) is 4.04. The lowest BCUT2D eigenvalue weighted by molar-refractivity contribution is -0.117. The van der Waals surface area contributed by atoms with Crippen LogP contribution in [0.25, 0.3) is 0 Å². The highest BCUT2D eigenvalue weighted by molar-refractivity contribution is 6.32. The number of carbonyl (C=O) groups excluding carboxylic acids is 1. The number of hydrogen-bond donors (Lipinski definition) is 1. The first kappa shape index (κ1) is 11.6. The molecule has 0 atom stereocenters. The second-order valence-electron chi connectivity index (χ2n) is 3.89. The first-order valence-corrected chi connectivity index (χ1v) is 5.89. The van der Waals surface area contributed by atoms with Gasteiger partial charge in [0, 0.05) is 12.5 Å². The largest absolute Gasteiger partial charge is 0.311 e. The van der Waals surface area contributed by atoms with Crippen molar-refractivity contribution in [1.82, 2.24) is 9.97 Å². The molecule has 86 valence electrons. The maximum absolute atomic E-state index is 11.6. The lowest BCUT2D eigenvalue weighted by atomic mass is 9.83. The molecule has 1 heterocycles. The highest BCUT2D eigenvalue weighted by atomic mass is 35.5. The number of hydrogen-bond acceptors (Lipinski definition) is 3. The fourth-order valence-electron chi connectivity index (χ4n) is 1.61. The van der Waals surface area contributed by atoms with Crippen LogP contribution in [0.1, 0.15) is 25.7 Å². The van der Waals surface area contributed by atoms with Crippen molar-refractivity contribution < 1.29 is 4.79 Å². The Kier molecular flexibility index (Phi) is 3.61. The van der Waals surface area contributed by atoms with E-state index in [9.17, 15) is 4.79 Å². The molecule has 1 saturated carbocycles. The minimum absolute atomic E-state index is 0.0337. The number of amides is 1. The zero-order valence-electron chi connectivity index (χ0n) is 8.54. The highest BCUT2D eigenvalue weighted by Crippen LogP contribution is 2.29. The topological polar surface area (TPSA) is 54.9 Å². The smallest absolute Gasteiger partial charge is 0.225 e. The molecular weight excluding hydrogens is 249 g/mol. The monoisotopic (exact) mass is 259 g/mol. The van der Waals surface area contributed by atoms with Gasteiger partial charge >= 0.3 is 0 Å². The van der Waals surface area contributed by atoms with Gasteiger partial charge in [0.2, 0.25) is 11.2 Å². The predicted octanol–water partition coefficient (Wildman–Crippen LogP) is 2.91. The first-order valence-electron chi connectivity index (χ1n) is 5.13. The van der Waals surface area contributed by atoms with E-state index in [1.54, 1.807) is 0 Å². The molecule has 0 unspecified atom stereocenters. The van der Waals surface area contributed by atoms with E-state index in [2.05, 4.69) is 15.3 Å². The number of nitrogens with zero attached hydrogens (tertiary/aromatic N) is 2. The Morgan fingerprint density at radius 3 is 2.75 bits per heavy atom. The molecule has 4 nitrogen and oxygen atoms in total. The summed E-state index contributed by atoms with van der Waals surface area (Å²) in [5.41, 5.74) is 0. The Labute approximate surface area is 103 Å². The van der Waals surface area contributed by atoms with Crippen LogP contribution in [0.2, 0.25) is 10.4 Å². The number of aromatic nitrogens is 2. The number of anilines is 1. The Morgan fingerprint density at radius 1 is 1.44 bits per heavy atom. The van der Waals surface area contributed by atoms with Gasteiger partial charge in [-0.1, -0.05) is 18.0 Å². The third-order valence-corrected chi connectivity index (χ3v) is 3.00. The number of halogens is 2. The second-order valence-corrected chi connectivity index (χ2v) is 4.62. The van der Waals surface area contributed by atoms with E-state index in [1.807, 2.05) is 0 Å². The van der Waals surface area contributed by atoms with Crippen LogP contribution in [0.15, 0.2) is 6.07 Å². The van der Waals surface area contributed by atoms with Gasteiger partial charge in [-0.2, -0.15) is 0 Å². The molecule has 1 fully saturated rings. The molecule has 1 aromatic rings. The van der Waals surface area contributed by atoms with Crippen molar-refractivity contribution in [2.45, 2.75) is 25.7 Å². The van der Waals surface area contributed by atoms with Crippen molar-refractivity contribution in [3.8, 4) is 0 Å². The Bertz CT molecular complexity index is 387. The minimum atomic E-state index is -0.0458. The summed E-state index contributed by atoms with van der Waals surface area (Å²) in [6.45, 7) is 0. The lowest BCUT2D eigenvalue weighted by Crippen LogP contribution is -2.21.